The Morgan fingerprint density at radius 1 is 1.39 bits per heavy atom. The van der Waals surface area contributed by atoms with Gasteiger partial charge in [0.15, 0.2) is 0 Å². The highest BCUT2D eigenvalue weighted by Crippen LogP contribution is 2.52. The van der Waals surface area contributed by atoms with Crippen LogP contribution in [0, 0.1) is 11.8 Å². The number of amides is 2. The lowest BCUT2D eigenvalue weighted by molar-refractivity contribution is -0.132. The first kappa shape index (κ1) is 14.4. The number of hydrogen-bond acceptors (Lipinski definition) is 4. The third-order valence-electron chi connectivity index (χ3n) is 4.88. The van der Waals surface area contributed by atoms with Gasteiger partial charge in [0.05, 0.1) is 31.1 Å². The molecule has 2 fully saturated rings. The molecule has 2 amide bonds. The highest BCUT2D eigenvalue weighted by molar-refractivity contribution is 6.03. The first-order chi connectivity index (χ1) is 11.2. The van der Waals surface area contributed by atoms with Gasteiger partial charge in [0.25, 0.3) is 0 Å². The Morgan fingerprint density at radius 3 is 2.91 bits per heavy atom. The number of fused-ring (bicyclic) bond motifs is 1. The number of aliphatic hydroxyl groups is 1. The Bertz CT molecular complexity index is 674. The summed E-state index contributed by atoms with van der Waals surface area (Å²) in [6, 6.07) is 9.43. The van der Waals surface area contributed by atoms with Gasteiger partial charge in [-0.15, -0.1) is 0 Å². The number of nitrogens with one attached hydrogen (secondary N) is 1. The van der Waals surface area contributed by atoms with Crippen molar-refractivity contribution in [3.05, 3.63) is 42.5 Å². The molecule has 3 heterocycles. The zero-order valence-electron chi connectivity index (χ0n) is 12.5. The molecule has 2 N–H and O–H groups in total. The Hall–Kier alpha value is -2.18. The minimum Gasteiger partial charge on any atom is -0.395 e. The van der Waals surface area contributed by atoms with Gasteiger partial charge < -0.3 is 20.1 Å². The lowest BCUT2D eigenvalue weighted by Gasteiger charge is -2.23. The van der Waals surface area contributed by atoms with E-state index in [4.69, 9.17) is 9.84 Å². The third kappa shape index (κ3) is 2.02. The lowest BCUT2D eigenvalue weighted by Crippen LogP contribution is -2.44. The second-order valence-corrected chi connectivity index (χ2v) is 6.17. The predicted octanol–water partition coefficient (Wildman–Crippen LogP) is 0.0815. The molecule has 4 atom stereocenters. The number of carbonyl (C=O) groups is 2. The van der Waals surface area contributed by atoms with Crippen LogP contribution in [0.3, 0.4) is 0 Å². The minimum atomic E-state index is -0.710. The molecule has 0 saturated carbocycles. The zero-order valence-corrected chi connectivity index (χ0v) is 12.5. The van der Waals surface area contributed by atoms with E-state index in [1.807, 2.05) is 42.5 Å². The summed E-state index contributed by atoms with van der Waals surface area (Å²) in [6.07, 6.45) is 3.45. The molecule has 4 rings (SSSR count). The van der Waals surface area contributed by atoms with Crippen LogP contribution in [0.2, 0.25) is 0 Å². The van der Waals surface area contributed by atoms with E-state index in [0.717, 1.165) is 5.69 Å². The van der Waals surface area contributed by atoms with E-state index in [1.54, 1.807) is 4.90 Å². The van der Waals surface area contributed by atoms with Crippen LogP contribution >= 0.6 is 0 Å². The summed E-state index contributed by atoms with van der Waals surface area (Å²) in [4.78, 5) is 27.1. The number of hydrogen-bond donors (Lipinski definition) is 2. The number of aliphatic hydroxyl groups excluding tert-OH is 1. The molecule has 0 aliphatic carbocycles. The third-order valence-corrected chi connectivity index (χ3v) is 4.88. The van der Waals surface area contributed by atoms with Gasteiger partial charge in [-0.2, -0.15) is 0 Å². The molecule has 6 heteroatoms. The Labute approximate surface area is 133 Å². The van der Waals surface area contributed by atoms with Crippen molar-refractivity contribution in [3.8, 4) is 0 Å². The fourth-order valence-corrected chi connectivity index (χ4v) is 3.92. The number of ether oxygens (including phenoxy) is 1. The average molecular weight is 314 g/mol. The average Bonchev–Trinajstić information content (AvgIpc) is 3.22. The van der Waals surface area contributed by atoms with E-state index >= 15 is 0 Å². The summed E-state index contributed by atoms with van der Waals surface area (Å²) in [5.74, 6) is -1.35. The topological polar surface area (TPSA) is 78.9 Å². The standard InChI is InChI=1S/C17H18N2O4/c20-9-8-18-15(21)13-12-6-7-17(23-12)10-19(16(22)14(13)17)11-4-2-1-3-5-11/h1-7,12-14,20H,8-10H2,(H,18,21)/t12-,13+,14+,17-/m0/s1. The Kier molecular flexibility index (Phi) is 3.25. The van der Waals surface area contributed by atoms with E-state index in [-0.39, 0.29) is 31.1 Å². The number of rotatable bonds is 4. The molecule has 1 spiro atoms. The van der Waals surface area contributed by atoms with Gasteiger partial charge in [0.2, 0.25) is 11.8 Å². The molecular weight excluding hydrogens is 296 g/mol. The van der Waals surface area contributed by atoms with E-state index < -0.39 is 17.4 Å². The quantitative estimate of drug-likeness (QED) is 0.772. The van der Waals surface area contributed by atoms with Gasteiger partial charge in [-0.1, -0.05) is 30.4 Å². The normalized spacial score (nSPS) is 34.0. The predicted molar refractivity (Wildman–Crippen MR) is 82.6 cm³/mol. The second kappa shape index (κ2) is 5.18. The van der Waals surface area contributed by atoms with Crippen LogP contribution < -0.4 is 10.2 Å². The van der Waals surface area contributed by atoms with Crippen LogP contribution in [0.4, 0.5) is 5.69 Å². The van der Waals surface area contributed by atoms with Gasteiger partial charge in [0, 0.05) is 12.2 Å². The first-order valence-corrected chi connectivity index (χ1v) is 7.78. The highest BCUT2D eigenvalue weighted by atomic mass is 16.5. The number of para-hydroxylation sites is 1. The van der Waals surface area contributed by atoms with Crippen molar-refractivity contribution in [2.24, 2.45) is 11.8 Å². The zero-order chi connectivity index (χ0) is 16.0. The number of anilines is 1. The number of nitrogens with zero attached hydrogens (tertiary/aromatic N) is 1. The molecule has 0 radical (unpaired) electrons. The van der Waals surface area contributed by atoms with E-state index in [1.165, 1.54) is 0 Å². The van der Waals surface area contributed by atoms with Gasteiger partial charge in [-0.3, -0.25) is 9.59 Å². The lowest BCUT2D eigenvalue weighted by atomic mass is 9.77. The summed E-state index contributed by atoms with van der Waals surface area (Å²) >= 11 is 0. The van der Waals surface area contributed by atoms with Crippen molar-refractivity contribution >= 4 is 17.5 Å². The van der Waals surface area contributed by atoms with Gasteiger partial charge >= 0.3 is 0 Å². The van der Waals surface area contributed by atoms with Crippen LogP contribution in [-0.2, 0) is 14.3 Å². The molecule has 23 heavy (non-hydrogen) atoms. The molecule has 3 aliphatic heterocycles. The monoisotopic (exact) mass is 314 g/mol. The summed E-state index contributed by atoms with van der Waals surface area (Å²) in [6.45, 7) is 0.485. The van der Waals surface area contributed by atoms with Crippen molar-refractivity contribution in [3.63, 3.8) is 0 Å². The summed E-state index contributed by atoms with van der Waals surface area (Å²) in [5, 5.41) is 11.6. The molecule has 1 aromatic rings. The fourth-order valence-electron chi connectivity index (χ4n) is 3.92. The van der Waals surface area contributed by atoms with Crippen molar-refractivity contribution in [2.45, 2.75) is 11.7 Å². The SMILES string of the molecule is O=C(NCCO)[C@@H]1[C@@H]2C=C[C@@]3(CN(c4ccccc4)C(=O)[C@@H]13)O2. The van der Waals surface area contributed by atoms with Crippen LogP contribution in [0.15, 0.2) is 42.5 Å². The molecule has 0 unspecified atom stereocenters. The highest BCUT2D eigenvalue weighted by Gasteiger charge is 2.66. The first-order valence-electron chi connectivity index (χ1n) is 7.78. The van der Waals surface area contributed by atoms with Crippen molar-refractivity contribution < 1.29 is 19.4 Å². The Morgan fingerprint density at radius 2 is 2.17 bits per heavy atom. The van der Waals surface area contributed by atoms with Gasteiger partial charge in [-0.05, 0) is 12.1 Å². The summed E-state index contributed by atoms with van der Waals surface area (Å²) in [5.41, 5.74) is 0.106. The summed E-state index contributed by atoms with van der Waals surface area (Å²) in [7, 11) is 0. The summed E-state index contributed by atoms with van der Waals surface area (Å²) < 4.78 is 6.02. The van der Waals surface area contributed by atoms with Crippen molar-refractivity contribution in [2.75, 3.05) is 24.6 Å². The van der Waals surface area contributed by atoms with Crippen LogP contribution in [0.5, 0.6) is 0 Å². The molecule has 2 bridgehead atoms. The van der Waals surface area contributed by atoms with Gasteiger partial charge in [-0.25, -0.2) is 0 Å². The molecule has 120 valence electrons. The van der Waals surface area contributed by atoms with Crippen LogP contribution in [0.1, 0.15) is 0 Å². The largest absolute Gasteiger partial charge is 0.395 e. The van der Waals surface area contributed by atoms with Crippen molar-refractivity contribution in [1.82, 2.24) is 5.32 Å². The molecule has 2 saturated heterocycles. The van der Waals surface area contributed by atoms with Crippen LogP contribution in [0.25, 0.3) is 0 Å². The molecular formula is C17H18N2O4. The van der Waals surface area contributed by atoms with Crippen LogP contribution in [-0.4, -0.2) is 48.3 Å². The van der Waals surface area contributed by atoms with Crippen molar-refractivity contribution in [1.29, 1.82) is 0 Å². The van der Waals surface area contributed by atoms with E-state index in [0.29, 0.717) is 6.54 Å². The smallest absolute Gasteiger partial charge is 0.234 e. The number of benzene rings is 1. The molecule has 1 aromatic carbocycles. The Balaban J connectivity index is 1.65. The maximum atomic E-state index is 12.9. The minimum absolute atomic E-state index is 0.0767. The molecule has 0 aromatic heterocycles. The van der Waals surface area contributed by atoms with E-state index in [2.05, 4.69) is 5.32 Å². The number of carbonyl (C=O) groups excluding carboxylic acids is 2. The van der Waals surface area contributed by atoms with E-state index in [9.17, 15) is 9.59 Å². The molecule has 3 aliphatic rings. The molecule has 6 nitrogen and oxygen atoms in total. The van der Waals surface area contributed by atoms with Gasteiger partial charge in [0.1, 0.15) is 5.60 Å². The second-order valence-electron chi connectivity index (χ2n) is 6.17. The maximum absolute atomic E-state index is 12.9. The fraction of sp³-hybridized carbons (Fsp3) is 0.412. The maximum Gasteiger partial charge on any atom is 0.234 e.